The van der Waals surface area contributed by atoms with E-state index in [4.69, 9.17) is 5.11 Å². The molecule has 0 aliphatic rings. The van der Waals surface area contributed by atoms with Crippen molar-refractivity contribution in [3.8, 4) is 0 Å². The van der Waals surface area contributed by atoms with Gasteiger partial charge in [0.1, 0.15) is 0 Å². The van der Waals surface area contributed by atoms with Gasteiger partial charge in [-0.25, -0.2) is 4.79 Å². The van der Waals surface area contributed by atoms with Gasteiger partial charge in [0, 0.05) is 19.0 Å². The SMILES string of the molecule is CC(C)(O)CNC(=O)NC(CCC(=O)O)Cc1ccccc1. The quantitative estimate of drug-likeness (QED) is 0.585. The summed E-state index contributed by atoms with van der Waals surface area (Å²) in [5.74, 6) is -0.892. The Kier molecular flexibility index (Phi) is 6.85. The number of amides is 2. The largest absolute Gasteiger partial charge is 0.481 e. The third-order valence-electron chi connectivity index (χ3n) is 3.05. The third kappa shape index (κ3) is 8.26. The van der Waals surface area contributed by atoms with Crippen LogP contribution in [0.4, 0.5) is 4.79 Å². The number of aliphatic hydroxyl groups is 1. The first-order valence-electron chi connectivity index (χ1n) is 7.29. The molecule has 0 bridgehead atoms. The summed E-state index contributed by atoms with van der Waals surface area (Å²) < 4.78 is 0. The Hall–Kier alpha value is -2.08. The number of carbonyl (C=O) groups is 2. The Labute approximate surface area is 130 Å². The van der Waals surface area contributed by atoms with Crippen molar-refractivity contribution in [1.29, 1.82) is 0 Å². The van der Waals surface area contributed by atoms with Crippen LogP contribution < -0.4 is 10.6 Å². The summed E-state index contributed by atoms with van der Waals surface area (Å²) in [6.07, 6.45) is 0.896. The minimum absolute atomic E-state index is 0.0106. The van der Waals surface area contributed by atoms with Gasteiger partial charge in [-0.3, -0.25) is 4.79 Å². The molecule has 6 nitrogen and oxygen atoms in total. The van der Waals surface area contributed by atoms with Gasteiger partial charge in [-0.2, -0.15) is 0 Å². The molecule has 0 radical (unpaired) electrons. The summed E-state index contributed by atoms with van der Waals surface area (Å²) in [5.41, 5.74) is 0.0357. The van der Waals surface area contributed by atoms with Crippen molar-refractivity contribution < 1.29 is 19.8 Å². The van der Waals surface area contributed by atoms with Crippen LogP contribution in [0.1, 0.15) is 32.3 Å². The number of carboxylic acids is 1. The molecule has 22 heavy (non-hydrogen) atoms. The van der Waals surface area contributed by atoms with Crippen molar-refractivity contribution in [2.45, 2.75) is 44.8 Å². The van der Waals surface area contributed by atoms with Gasteiger partial charge in [-0.1, -0.05) is 30.3 Å². The third-order valence-corrected chi connectivity index (χ3v) is 3.05. The van der Waals surface area contributed by atoms with Gasteiger partial charge in [0.25, 0.3) is 0 Å². The van der Waals surface area contributed by atoms with Crippen LogP contribution in [0.25, 0.3) is 0 Å². The number of benzene rings is 1. The normalized spacial score (nSPS) is 12.5. The van der Waals surface area contributed by atoms with Gasteiger partial charge in [-0.15, -0.1) is 0 Å². The highest BCUT2D eigenvalue weighted by molar-refractivity contribution is 5.74. The van der Waals surface area contributed by atoms with Crippen LogP contribution in [-0.4, -0.2) is 40.4 Å². The number of aliphatic carboxylic acids is 1. The lowest BCUT2D eigenvalue weighted by Gasteiger charge is -2.21. The molecule has 0 saturated heterocycles. The minimum Gasteiger partial charge on any atom is -0.481 e. The minimum atomic E-state index is -0.993. The van der Waals surface area contributed by atoms with Crippen LogP contribution >= 0.6 is 0 Å². The van der Waals surface area contributed by atoms with Crippen molar-refractivity contribution in [3.05, 3.63) is 35.9 Å². The van der Waals surface area contributed by atoms with Crippen LogP contribution in [0.15, 0.2) is 30.3 Å². The van der Waals surface area contributed by atoms with Gasteiger partial charge < -0.3 is 20.8 Å². The lowest BCUT2D eigenvalue weighted by atomic mass is 10.0. The first kappa shape index (κ1) is 18.0. The smallest absolute Gasteiger partial charge is 0.315 e. The summed E-state index contributed by atoms with van der Waals surface area (Å²) in [4.78, 5) is 22.6. The van der Waals surface area contributed by atoms with E-state index in [9.17, 15) is 14.7 Å². The second-order valence-electron chi connectivity index (χ2n) is 5.96. The van der Waals surface area contributed by atoms with E-state index < -0.39 is 17.6 Å². The highest BCUT2D eigenvalue weighted by Gasteiger charge is 2.17. The molecule has 0 fully saturated rings. The van der Waals surface area contributed by atoms with E-state index in [1.54, 1.807) is 13.8 Å². The molecule has 2 amide bonds. The molecule has 0 aromatic heterocycles. The zero-order valence-electron chi connectivity index (χ0n) is 13.0. The van der Waals surface area contributed by atoms with E-state index in [2.05, 4.69) is 10.6 Å². The van der Waals surface area contributed by atoms with Gasteiger partial charge in [-0.05, 0) is 32.3 Å². The van der Waals surface area contributed by atoms with E-state index in [0.29, 0.717) is 12.8 Å². The second-order valence-corrected chi connectivity index (χ2v) is 5.96. The number of rotatable bonds is 8. The van der Waals surface area contributed by atoms with Crippen molar-refractivity contribution in [2.75, 3.05) is 6.54 Å². The lowest BCUT2D eigenvalue weighted by Crippen LogP contribution is -2.47. The van der Waals surface area contributed by atoms with Crippen molar-refractivity contribution in [1.82, 2.24) is 10.6 Å². The number of carboxylic acid groups (broad SMARTS) is 1. The maximum atomic E-state index is 11.9. The molecule has 1 atom stereocenters. The monoisotopic (exact) mass is 308 g/mol. The second kappa shape index (κ2) is 8.38. The number of urea groups is 1. The van der Waals surface area contributed by atoms with Gasteiger partial charge >= 0.3 is 12.0 Å². The fourth-order valence-electron chi connectivity index (χ4n) is 1.95. The summed E-state index contributed by atoms with van der Waals surface area (Å²) in [7, 11) is 0. The first-order chi connectivity index (χ1) is 10.3. The summed E-state index contributed by atoms with van der Waals surface area (Å²) in [6, 6.07) is 8.89. The standard InChI is InChI=1S/C16H24N2O4/c1-16(2,22)11-17-15(21)18-13(8-9-14(19)20)10-12-6-4-3-5-7-12/h3-7,13,22H,8-11H2,1-2H3,(H,19,20)(H2,17,18,21). The van der Waals surface area contributed by atoms with Gasteiger partial charge in [0.15, 0.2) is 0 Å². The van der Waals surface area contributed by atoms with Crippen LogP contribution in [0, 0.1) is 0 Å². The summed E-state index contributed by atoms with van der Waals surface area (Å²) in [5, 5.41) is 23.8. The van der Waals surface area contributed by atoms with E-state index in [0.717, 1.165) is 5.56 Å². The molecule has 0 aliphatic carbocycles. The fourth-order valence-corrected chi connectivity index (χ4v) is 1.95. The Morgan fingerprint density at radius 2 is 1.86 bits per heavy atom. The van der Waals surface area contributed by atoms with Crippen LogP contribution in [-0.2, 0) is 11.2 Å². The molecule has 0 saturated carbocycles. The van der Waals surface area contributed by atoms with E-state index in [1.807, 2.05) is 30.3 Å². The predicted octanol–water partition coefficient (Wildman–Crippen LogP) is 1.53. The zero-order chi connectivity index (χ0) is 16.6. The lowest BCUT2D eigenvalue weighted by molar-refractivity contribution is -0.137. The molecule has 122 valence electrons. The molecule has 1 aromatic rings. The maximum Gasteiger partial charge on any atom is 0.315 e. The fraction of sp³-hybridized carbons (Fsp3) is 0.500. The van der Waals surface area contributed by atoms with E-state index in [-0.39, 0.29) is 19.0 Å². The Morgan fingerprint density at radius 3 is 2.41 bits per heavy atom. The summed E-state index contributed by atoms with van der Waals surface area (Å²) >= 11 is 0. The maximum absolute atomic E-state index is 11.9. The molecule has 0 heterocycles. The highest BCUT2D eigenvalue weighted by Crippen LogP contribution is 2.08. The molecule has 1 rings (SSSR count). The van der Waals surface area contributed by atoms with Gasteiger partial charge in [0.05, 0.1) is 5.60 Å². The Balaban J connectivity index is 2.57. The summed E-state index contributed by atoms with van der Waals surface area (Å²) in [6.45, 7) is 3.31. The highest BCUT2D eigenvalue weighted by atomic mass is 16.4. The average molecular weight is 308 g/mol. The zero-order valence-corrected chi connectivity index (χ0v) is 13.0. The van der Waals surface area contributed by atoms with Crippen LogP contribution in [0.5, 0.6) is 0 Å². The molecular formula is C16H24N2O4. The van der Waals surface area contributed by atoms with Gasteiger partial charge in [0.2, 0.25) is 0 Å². The Morgan fingerprint density at radius 1 is 1.23 bits per heavy atom. The van der Waals surface area contributed by atoms with Crippen molar-refractivity contribution in [2.24, 2.45) is 0 Å². The number of hydrogen-bond donors (Lipinski definition) is 4. The van der Waals surface area contributed by atoms with E-state index >= 15 is 0 Å². The number of hydrogen-bond acceptors (Lipinski definition) is 3. The molecule has 0 spiro atoms. The molecular weight excluding hydrogens is 284 g/mol. The van der Waals surface area contributed by atoms with Crippen LogP contribution in [0.2, 0.25) is 0 Å². The molecule has 4 N–H and O–H groups in total. The van der Waals surface area contributed by atoms with Crippen molar-refractivity contribution in [3.63, 3.8) is 0 Å². The average Bonchev–Trinajstić information content (AvgIpc) is 2.43. The van der Waals surface area contributed by atoms with Crippen LogP contribution in [0.3, 0.4) is 0 Å². The Bertz CT molecular complexity index is 483. The predicted molar refractivity (Wildman–Crippen MR) is 83.6 cm³/mol. The topological polar surface area (TPSA) is 98.7 Å². The van der Waals surface area contributed by atoms with E-state index in [1.165, 1.54) is 0 Å². The van der Waals surface area contributed by atoms with Crippen molar-refractivity contribution >= 4 is 12.0 Å². The first-order valence-corrected chi connectivity index (χ1v) is 7.29. The molecule has 0 aliphatic heterocycles. The molecule has 6 heteroatoms. The molecule has 1 aromatic carbocycles. The number of nitrogens with one attached hydrogen (secondary N) is 2. The number of carbonyl (C=O) groups excluding carboxylic acids is 1. The molecule has 1 unspecified atom stereocenters.